The fraction of sp³-hybridized carbons (Fsp3) is 0.250. The lowest BCUT2D eigenvalue weighted by molar-refractivity contribution is -0.134. The summed E-state index contributed by atoms with van der Waals surface area (Å²) in [5.74, 6) is -10.2. The molecule has 0 aliphatic heterocycles. The SMILES string of the molecule is CC(=O)c1cccc(NCCCC(=O)Oc2c(F)c(F)c(F)c(F)c2P)c1C(C)=O. The van der Waals surface area contributed by atoms with Crippen LogP contribution in [-0.4, -0.2) is 24.1 Å². The van der Waals surface area contributed by atoms with Crippen molar-refractivity contribution in [2.75, 3.05) is 11.9 Å². The van der Waals surface area contributed by atoms with Crippen molar-refractivity contribution in [3.63, 3.8) is 0 Å². The number of carbonyl (C=O) groups is 3. The van der Waals surface area contributed by atoms with Crippen LogP contribution < -0.4 is 15.4 Å². The molecule has 0 heterocycles. The Balaban J connectivity index is 2.02. The van der Waals surface area contributed by atoms with Gasteiger partial charge in [0.15, 0.2) is 29.0 Å². The van der Waals surface area contributed by atoms with Gasteiger partial charge in [-0.2, -0.15) is 4.39 Å². The molecule has 160 valence electrons. The van der Waals surface area contributed by atoms with Crippen molar-refractivity contribution < 1.29 is 36.7 Å². The number of rotatable bonds is 8. The van der Waals surface area contributed by atoms with Crippen molar-refractivity contribution in [2.24, 2.45) is 0 Å². The summed E-state index contributed by atoms with van der Waals surface area (Å²) in [6, 6.07) is 4.72. The minimum Gasteiger partial charge on any atom is -0.422 e. The number of esters is 1. The van der Waals surface area contributed by atoms with Crippen LogP contribution in [0.4, 0.5) is 23.2 Å². The molecule has 5 nitrogen and oxygen atoms in total. The van der Waals surface area contributed by atoms with E-state index in [0.29, 0.717) is 5.69 Å². The maximum absolute atomic E-state index is 13.8. The number of carbonyl (C=O) groups excluding carboxylic acids is 3. The van der Waals surface area contributed by atoms with Gasteiger partial charge in [0.1, 0.15) is 0 Å². The van der Waals surface area contributed by atoms with Crippen molar-refractivity contribution in [2.45, 2.75) is 26.7 Å². The monoisotopic (exact) mass is 443 g/mol. The molecule has 1 atom stereocenters. The minimum atomic E-state index is -2.08. The number of halogens is 4. The molecule has 0 aliphatic carbocycles. The third-order valence-corrected chi connectivity index (χ3v) is 4.66. The summed E-state index contributed by atoms with van der Waals surface area (Å²) in [5.41, 5.74) is 0.889. The van der Waals surface area contributed by atoms with Gasteiger partial charge in [-0.3, -0.25) is 14.4 Å². The lowest BCUT2D eigenvalue weighted by Gasteiger charge is -2.13. The summed E-state index contributed by atoms with van der Waals surface area (Å²) in [5, 5.41) is 2.18. The second-order valence-electron chi connectivity index (χ2n) is 6.34. The van der Waals surface area contributed by atoms with E-state index in [4.69, 9.17) is 0 Å². The Morgan fingerprint density at radius 3 is 2.20 bits per heavy atom. The van der Waals surface area contributed by atoms with Gasteiger partial charge in [-0.15, -0.1) is 0 Å². The molecule has 0 bridgehead atoms. The molecule has 0 saturated heterocycles. The number of ether oxygens (including phenoxy) is 1. The van der Waals surface area contributed by atoms with Crippen LogP contribution in [-0.2, 0) is 4.79 Å². The summed E-state index contributed by atoms with van der Waals surface area (Å²) in [6.07, 6.45) is -0.112. The molecule has 10 heteroatoms. The smallest absolute Gasteiger partial charge is 0.311 e. The second-order valence-corrected chi connectivity index (χ2v) is 6.92. The Labute approximate surface area is 172 Å². The summed E-state index contributed by atoms with van der Waals surface area (Å²) in [7, 11) is 1.65. The first-order valence-corrected chi connectivity index (χ1v) is 9.34. The standard InChI is InChI=1S/C20H18F4NO4P/c1-9(26)11-5-3-6-12(14(11)10(2)27)25-8-4-7-13(28)29-19-17(23)15(21)16(22)18(24)20(19)30/h3,5-6,25H,4,7-8,30H2,1-2H3. The molecule has 1 N–H and O–H groups in total. The molecule has 2 aromatic carbocycles. The molecule has 0 fully saturated rings. The molecule has 2 aromatic rings. The quantitative estimate of drug-likeness (QED) is 0.0978. The molecule has 0 aromatic heterocycles. The highest BCUT2D eigenvalue weighted by Gasteiger charge is 2.26. The molecular formula is C20H18F4NO4P. The Morgan fingerprint density at radius 1 is 0.967 bits per heavy atom. The fourth-order valence-corrected chi connectivity index (χ4v) is 3.03. The first-order chi connectivity index (χ1) is 14.1. The number of benzene rings is 2. The number of ketones is 2. The topological polar surface area (TPSA) is 72.5 Å². The van der Waals surface area contributed by atoms with Gasteiger partial charge in [0.25, 0.3) is 0 Å². The largest absolute Gasteiger partial charge is 0.422 e. The summed E-state index contributed by atoms with van der Waals surface area (Å²) >= 11 is 0. The van der Waals surface area contributed by atoms with E-state index in [1.165, 1.54) is 19.9 Å². The average molecular weight is 443 g/mol. The van der Waals surface area contributed by atoms with Crippen molar-refractivity contribution in [1.82, 2.24) is 0 Å². The number of hydrogen-bond donors (Lipinski definition) is 1. The number of nitrogens with one attached hydrogen (secondary N) is 1. The van der Waals surface area contributed by atoms with Crippen LogP contribution in [0, 0.1) is 23.3 Å². The lowest BCUT2D eigenvalue weighted by Crippen LogP contribution is -2.19. The predicted octanol–water partition coefficient (Wildman–Crippen LogP) is 3.95. The van der Waals surface area contributed by atoms with Crippen LogP contribution in [0.2, 0.25) is 0 Å². The Kier molecular flexibility index (Phi) is 7.67. The minimum absolute atomic E-state index is 0.153. The molecule has 0 spiro atoms. The Bertz CT molecular complexity index is 997. The van der Waals surface area contributed by atoms with E-state index in [0.717, 1.165) is 0 Å². The van der Waals surface area contributed by atoms with Gasteiger partial charge in [0, 0.05) is 24.2 Å². The van der Waals surface area contributed by atoms with Crippen molar-refractivity contribution in [3.05, 3.63) is 52.6 Å². The lowest BCUT2D eigenvalue weighted by atomic mass is 9.99. The summed E-state index contributed by atoms with van der Waals surface area (Å²) in [6.45, 7) is 2.83. The second kappa shape index (κ2) is 9.80. The van der Waals surface area contributed by atoms with Crippen LogP contribution in [0.5, 0.6) is 5.75 Å². The number of Topliss-reactive ketones (excluding diaryl/α,β-unsaturated/α-hetero) is 2. The molecule has 2 rings (SSSR count). The van der Waals surface area contributed by atoms with Crippen molar-refractivity contribution in [1.29, 1.82) is 0 Å². The van der Waals surface area contributed by atoms with E-state index in [1.807, 2.05) is 0 Å². The highest BCUT2D eigenvalue weighted by molar-refractivity contribution is 7.27. The molecule has 0 aliphatic rings. The summed E-state index contributed by atoms with van der Waals surface area (Å²) < 4.78 is 58.4. The number of anilines is 1. The van der Waals surface area contributed by atoms with Gasteiger partial charge in [0.2, 0.25) is 11.6 Å². The first-order valence-electron chi connectivity index (χ1n) is 8.77. The van der Waals surface area contributed by atoms with Crippen molar-refractivity contribution in [3.8, 4) is 5.75 Å². The zero-order valence-corrected chi connectivity index (χ0v) is 17.2. The van der Waals surface area contributed by atoms with Gasteiger partial charge < -0.3 is 10.1 Å². The Hall–Kier alpha value is -2.80. The normalized spacial score (nSPS) is 10.6. The van der Waals surface area contributed by atoms with Crippen molar-refractivity contribution >= 4 is 37.8 Å². The maximum atomic E-state index is 13.8. The molecule has 0 radical (unpaired) electrons. The molecule has 0 amide bonds. The van der Waals surface area contributed by atoms with Gasteiger partial charge in [-0.25, -0.2) is 13.2 Å². The van der Waals surface area contributed by atoms with Crippen LogP contribution in [0.15, 0.2) is 18.2 Å². The molecule has 0 saturated carbocycles. The van der Waals surface area contributed by atoms with Crippen LogP contribution in [0.1, 0.15) is 47.4 Å². The van der Waals surface area contributed by atoms with Crippen LogP contribution >= 0.6 is 9.24 Å². The zero-order valence-electron chi connectivity index (χ0n) is 16.1. The van der Waals surface area contributed by atoms with E-state index in [1.54, 1.807) is 21.4 Å². The van der Waals surface area contributed by atoms with Crippen LogP contribution in [0.25, 0.3) is 0 Å². The van der Waals surface area contributed by atoms with Gasteiger partial charge in [0.05, 0.1) is 10.9 Å². The number of hydrogen-bond acceptors (Lipinski definition) is 5. The van der Waals surface area contributed by atoms with Gasteiger partial charge in [-0.1, -0.05) is 21.4 Å². The Morgan fingerprint density at radius 2 is 1.60 bits per heavy atom. The van der Waals surface area contributed by atoms with Gasteiger partial charge >= 0.3 is 5.97 Å². The fourth-order valence-electron chi connectivity index (χ4n) is 2.72. The van der Waals surface area contributed by atoms with E-state index >= 15 is 0 Å². The summed E-state index contributed by atoms with van der Waals surface area (Å²) in [4.78, 5) is 35.5. The predicted molar refractivity (Wildman–Crippen MR) is 105 cm³/mol. The average Bonchev–Trinajstić information content (AvgIpc) is 2.70. The highest BCUT2D eigenvalue weighted by atomic mass is 31.0. The third-order valence-electron chi connectivity index (χ3n) is 4.14. The third kappa shape index (κ3) is 5.02. The molecule has 30 heavy (non-hydrogen) atoms. The molecular weight excluding hydrogens is 425 g/mol. The van der Waals surface area contributed by atoms with E-state index in [-0.39, 0.29) is 42.1 Å². The highest BCUT2D eigenvalue weighted by Crippen LogP contribution is 2.25. The van der Waals surface area contributed by atoms with Gasteiger partial charge in [-0.05, 0) is 26.3 Å². The van der Waals surface area contributed by atoms with E-state index in [2.05, 4.69) is 10.1 Å². The molecule has 1 unspecified atom stereocenters. The van der Waals surface area contributed by atoms with E-state index < -0.39 is 40.3 Å². The van der Waals surface area contributed by atoms with E-state index in [9.17, 15) is 31.9 Å². The maximum Gasteiger partial charge on any atom is 0.311 e. The first kappa shape index (κ1) is 23.5. The zero-order chi connectivity index (χ0) is 22.6. The van der Waals surface area contributed by atoms with Crippen LogP contribution in [0.3, 0.4) is 0 Å².